The quantitative estimate of drug-likeness (QED) is 0.769. The van der Waals surface area contributed by atoms with E-state index in [1.54, 1.807) is 0 Å². The van der Waals surface area contributed by atoms with Crippen LogP contribution in [0.15, 0.2) is 48.1 Å². The molecule has 0 fully saturated rings. The van der Waals surface area contributed by atoms with E-state index in [2.05, 4.69) is 20.3 Å². The summed E-state index contributed by atoms with van der Waals surface area (Å²) in [7, 11) is 0. The minimum absolute atomic E-state index is 0.114. The molecule has 0 radical (unpaired) electrons. The number of nitrogen functional groups attached to an aromatic ring is 1. The maximum atomic E-state index is 12.0. The third-order valence-corrected chi connectivity index (χ3v) is 3.88. The van der Waals surface area contributed by atoms with Gasteiger partial charge in [0.2, 0.25) is 0 Å². The lowest BCUT2D eigenvalue weighted by Gasteiger charge is -2.04. The van der Waals surface area contributed by atoms with Crippen molar-refractivity contribution in [2.24, 2.45) is 0 Å². The number of hydrogen-bond acceptors (Lipinski definition) is 6. The fraction of sp³-hybridized carbons (Fsp3) is 0.0667. The van der Waals surface area contributed by atoms with Crippen molar-refractivity contribution in [1.29, 1.82) is 0 Å². The Bertz CT molecular complexity index is 787. The van der Waals surface area contributed by atoms with E-state index in [0.29, 0.717) is 6.54 Å². The molecule has 0 bridgehead atoms. The van der Waals surface area contributed by atoms with Crippen molar-refractivity contribution < 1.29 is 4.79 Å². The Hall–Kier alpha value is -2.80. The van der Waals surface area contributed by atoms with Gasteiger partial charge in [0.25, 0.3) is 5.91 Å². The van der Waals surface area contributed by atoms with Gasteiger partial charge in [-0.2, -0.15) is 0 Å². The van der Waals surface area contributed by atoms with Gasteiger partial charge in [0, 0.05) is 23.3 Å². The predicted octanol–water partition coefficient (Wildman–Crippen LogP) is 2.11. The van der Waals surface area contributed by atoms with E-state index in [4.69, 9.17) is 5.73 Å². The summed E-state index contributed by atoms with van der Waals surface area (Å²) < 4.78 is 0. The molecular formula is C15H13N5OS. The van der Waals surface area contributed by atoms with Crippen molar-refractivity contribution in [2.45, 2.75) is 6.54 Å². The molecule has 110 valence electrons. The Morgan fingerprint density at radius 1 is 1.18 bits per heavy atom. The number of hydrogen-bond donors (Lipinski definition) is 2. The molecule has 1 aromatic carbocycles. The first-order valence-corrected chi connectivity index (χ1v) is 7.46. The van der Waals surface area contributed by atoms with Gasteiger partial charge in [0.1, 0.15) is 5.01 Å². The number of amides is 1. The van der Waals surface area contributed by atoms with Crippen molar-refractivity contribution in [3.05, 3.63) is 59.5 Å². The normalized spacial score (nSPS) is 10.4. The molecule has 0 aliphatic rings. The van der Waals surface area contributed by atoms with Crippen molar-refractivity contribution in [2.75, 3.05) is 5.73 Å². The summed E-state index contributed by atoms with van der Waals surface area (Å²) in [6, 6.07) is 9.90. The van der Waals surface area contributed by atoms with E-state index < -0.39 is 0 Å². The number of carbonyl (C=O) groups excluding carboxylic acids is 1. The molecule has 2 aromatic heterocycles. The van der Waals surface area contributed by atoms with Crippen LogP contribution < -0.4 is 11.1 Å². The topological polar surface area (TPSA) is 93.8 Å². The van der Waals surface area contributed by atoms with Gasteiger partial charge in [0.05, 0.1) is 12.2 Å². The van der Waals surface area contributed by atoms with Crippen LogP contribution in [-0.4, -0.2) is 20.9 Å². The van der Waals surface area contributed by atoms with Crippen molar-refractivity contribution in [3.63, 3.8) is 0 Å². The Morgan fingerprint density at radius 2 is 1.95 bits per heavy atom. The maximum absolute atomic E-state index is 12.0. The second kappa shape index (κ2) is 6.31. The number of rotatable bonds is 4. The van der Waals surface area contributed by atoms with Crippen LogP contribution in [-0.2, 0) is 6.54 Å². The minimum Gasteiger partial charge on any atom is -0.382 e. The van der Waals surface area contributed by atoms with E-state index in [0.717, 1.165) is 16.3 Å². The average molecular weight is 311 g/mol. The van der Waals surface area contributed by atoms with Gasteiger partial charge in [-0.3, -0.25) is 4.79 Å². The Morgan fingerprint density at radius 3 is 2.73 bits per heavy atom. The van der Waals surface area contributed by atoms with Gasteiger partial charge in [-0.15, -0.1) is 11.3 Å². The van der Waals surface area contributed by atoms with E-state index in [9.17, 15) is 4.79 Å². The Kier molecular flexibility index (Phi) is 4.06. The van der Waals surface area contributed by atoms with E-state index in [1.807, 2.05) is 35.7 Å². The summed E-state index contributed by atoms with van der Waals surface area (Å²) >= 11 is 1.54. The molecule has 1 amide bonds. The first-order chi connectivity index (χ1) is 10.7. The second-order valence-electron chi connectivity index (χ2n) is 4.48. The maximum Gasteiger partial charge on any atom is 0.274 e. The van der Waals surface area contributed by atoms with Crippen molar-refractivity contribution in [1.82, 2.24) is 20.3 Å². The number of carbonyl (C=O) groups is 1. The van der Waals surface area contributed by atoms with Crippen LogP contribution in [0.1, 0.15) is 16.2 Å². The zero-order valence-corrected chi connectivity index (χ0v) is 12.4. The first-order valence-electron chi connectivity index (χ1n) is 6.58. The smallest absolute Gasteiger partial charge is 0.274 e. The lowest BCUT2D eigenvalue weighted by Crippen LogP contribution is -2.25. The number of nitrogens with one attached hydrogen (secondary N) is 1. The molecular weight excluding hydrogens is 298 g/mol. The summed E-state index contributed by atoms with van der Waals surface area (Å²) in [6.07, 6.45) is 2.88. The molecule has 0 aliphatic carbocycles. The number of benzene rings is 1. The zero-order valence-electron chi connectivity index (χ0n) is 11.6. The summed E-state index contributed by atoms with van der Waals surface area (Å²) in [4.78, 5) is 24.3. The highest BCUT2D eigenvalue weighted by molar-refractivity contribution is 7.13. The van der Waals surface area contributed by atoms with Crippen LogP contribution in [0.25, 0.3) is 10.6 Å². The van der Waals surface area contributed by atoms with Gasteiger partial charge in [-0.05, 0) is 0 Å². The van der Waals surface area contributed by atoms with Crippen LogP contribution in [0.2, 0.25) is 0 Å². The van der Waals surface area contributed by atoms with Gasteiger partial charge < -0.3 is 11.1 Å². The number of nitrogens with two attached hydrogens (primary N) is 1. The predicted molar refractivity (Wildman–Crippen MR) is 85.2 cm³/mol. The third kappa shape index (κ3) is 3.09. The van der Waals surface area contributed by atoms with Crippen LogP contribution in [0.4, 0.5) is 5.82 Å². The van der Waals surface area contributed by atoms with E-state index in [1.165, 1.54) is 23.7 Å². The molecule has 0 saturated heterocycles. The van der Waals surface area contributed by atoms with E-state index in [-0.39, 0.29) is 17.4 Å². The molecule has 2 heterocycles. The summed E-state index contributed by atoms with van der Waals surface area (Å²) in [5.41, 5.74) is 7.60. The summed E-state index contributed by atoms with van der Waals surface area (Å²) in [5.74, 6) is -0.247. The molecule has 3 rings (SSSR count). The highest BCUT2D eigenvalue weighted by Crippen LogP contribution is 2.23. The van der Waals surface area contributed by atoms with Gasteiger partial charge >= 0.3 is 0 Å². The van der Waals surface area contributed by atoms with Crippen LogP contribution >= 0.6 is 11.3 Å². The largest absolute Gasteiger partial charge is 0.382 e. The van der Waals surface area contributed by atoms with Crippen molar-refractivity contribution in [3.8, 4) is 10.6 Å². The number of anilines is 1. The lowest BCUT2D eigenvalue weighted by atomic mass is 10.2. The zero-order chi connectivity index (χ0) is 15.4. The molecule has 0 saturated carbocycles. The number of thiazole rings is 1. The highest BCUT2D eigenvalue weighted by Gasteiger charge is 2.12. The van der Waals surface area contributed by atoms with Crippen LogP contribution in [0.3, 0.4) is 0 Å². The fourth-order valence-electron chi connectivity index (χ4n) is 1.88. The molecule has 3 aromatic rings. The van der Waals surface area contributed by atoms with Crippen LogP contribution in [0.5, 0.6) is 0 Å². The molecule has 0 aliphatic heterocycles. The molecule has 3 N–H and O–H groups in total. The second-order valence-corrected chi connectivity index (χ2v) is 5.34. The SMILES string of the molecule is Nc1nccnc1C(=O)NCc1csc(-c2ccccc2)n1. The standard InChI is InChI=1S/C15H13N5OS/c16-13-12(17-6-7-18-13)14(21)19-8-11-9-22-15(20-11)10-4-2-1-3-5-10/h1-7,9H,8H2,(H2,16,18)(H,19,21). The average Bonchev–Trinajstić information content (AvgIpc) is 3.03. The molecule has 22 heavy (non-hydrogen) atoms. The Balaban J connectivity index is 1.67. The Labute approximate surface area is 131 Å². The molecule has 0 unspecified atom stereocenters. The highest BCUT2D eigenvalue weighted by atomic mass is 32.1. The number of aromatic nitrogens is 3. The fourth-order valence-corrected chi connectivity index (χ4v) is 2.71. The minimum atomic E-state index is -0.361. The number of nitrogens with zero attached hydrogens (tertiary/aromatic N) is 3. The summed E-state index contributed by atoms with van der Waals surface area (Å²) in [5, 5.41) is 5.58. The molecule has 0 spiro atoms. The summed E-state index contributed by atoms with van der Waals surface area (Å²) in [6.45, 7) is 0.318. The van der Waals surface area contributed by atoms with Crippen LogP contribution in [0, 0.1) is 0 Å². The van der Waals surface area contributed by atoms with Gasteiger partial charge in [-0.25, -0.2) is 15.0 Å². The van der Waals surface area contributed by atoms with E-state index >= 15 is 0 Å². The molecule has 6 nitrogen and oxygen atoms in total. The molecule has 0 atom stereocenters. The third-order valence-electron chi connectivity index (χ3n) is 2.94. The first kappa shape index (κ1) is 14.2. The molecule has 7 heteroatoms. The van der Waals surface area contributed by atoms with Gasteiger partial charge in [-0.1, -0.05) is 30.3 Å². The van der Waals surface area contributed by atoms with Crippen molar-refractivity contribution >= 4 is 23.1 Å². The lowest BCUT2D eigenvalue weighted by molar-refractivity contribution is 0.0946. The monoisotopic (exact) mass is 311 g/mol. The van der Waals surface area contributed by atoms with Gasteiger partial charge in [0.15, 0.2) is 11.5 Å².